The molecule has 3 heterocycles. The molecule has 0 radical (unpaired) electrons. The number of ether oxygens (including phenoxy) is 1. The maximum absolute atomic E-state index is 12.5. The van der Waals surface area contributed by atoms with Crippen LogP contribution in [0.3, 0.4) is 0 Å². The van der Waals surface area contributed by atoms with Crippen molar-refractivity contribution in [1.82, 2.24) is 19.7 Å². The van der Waals surface area contributed by atoms with E-state index in [9.17, 15) is 9.59 Å². The first-order chi connectivity index (χ1) is 13.7. The van der Waals surface area contributed by atoms with Gasteiger partial charge in [-0.1, -0.05) is 12.1 Å². The fraction of sp³-hybridized carbons (Fsp3) is 0.400. The lowest BCUT2D eigenvalue weighted by atomic mass is 10.1. The average molecular weight is 396 g/mol. The Hall–Kier alpha value is -3.36. The van der Waals surface area contributed by atoms with Crippen LogP contribution in [-0.4, -0.2) is 39.0 Å². The number of rotatable bonds is 4. The molecule has 0 saturated carbocycles. The first-order valence-corrected chi connectivity index (χ1v) is 9.53. The highest BCUT2D eigenvalue weighted by Gasteiger charge is 2.24. The van der Waals surface area contributed by atoms with Crippen LogP contribution in [0.1, 0.15) is 39.3 Å². The number of fused-ring (bicyclic) bond motifs is 1. The number of cyclic esters (lactones) is 1. The van der Waals surface area contributed by atoms with E-state index in [0.29, 0.717) is 30.1 Å². The molecule has 4 rings (SSSR count). The highest BCUT2D eigenvalue weighted by Crippen LogP contribution is 2.25. The van der Waals surface area contributed by atoms with Crippen molar-refractivity contribution in [1.29, 1.82) is 0 Å². The maximum atomic E-state index is 12.5. The average Bonchev–Trinajstić information content (AvgIpc) is 3.28. The molecular formula is C20H24N6O3. The molecular weight excluding hydrogens is 372 g/mol. The van der Waals surface area contributed by atoms with Gasteiger partial charge in [0.2, 0.25) is 5.95 Å². The molecule has 29 heavy (non-hydrogen) atoms. The van der Waals surface area contributed by atoms with E-state index in [1.165, 1.54) is 6.20 Å². The molecule has 1 atom stereocenters. The van der Waals surface area contributed by atoms with E-state index in [1.807, 2.05) is 52.0 Å². The van der Waals surface area contributed by atoms with Crippen LogP contribution in [0.25, 0.3) is 11.0 Å². The predicted molar refractivity (Wildman–Crippen MR) is 110 cm³/mol. The van der Waals surface area contributed by atoms with E-state index in [1.54, 1.807) is 9.58 Å². The number of aromatic amines is 1. The normalized spacial score (nSPS) is 15.6. The van der Waals surface area contributed by atoms with Gasteiger partial charge in [0, 0.05) is 5.69 Å². The van der Waals surface area contributed by atoms with Crippen molar-refractivity contribution in [3.63, 3.8) is 0 Å². The van der Waals surface area contributed by atoms with Gasteiger partial charge in [-0.3, -0.25) is 14.7 Å². The summed E-state index contributed by atoms with van der Waals surface area (Å²) >= 11 is 0. The van der Waals surface area contributed by atoms with Crippen molar-refractivity contribution in [2.24, 2.45) is 0 Å². The van der Waals surface area contributed by atoms with Gasteiger partial charge >= 0.3 is 6.09 Å². The van der Waals surface area contributed by atoms with Gasteiger partial charge in [0.1, 0.15) is 12.0 Å². The van der Waals surface area contributed by atoms with Crippen LogP contribution < -0.4 is 15.8 Å². The number of anilines is 2. The number of nitrogens with zero attached hydrogens (tertiary/aromatic N) is 4. The lowest BCUT2D eigenvalue weighted by Gasteiger charge is -2.20. The zero-order chi connectivity index (χ0) is 20.8. The molecule has 1 aliphatic heterocycles. The summed E-state index contributed by atoms with van der Waals surface area (Å²) in [5, 5.41) is 8.02. The second-order valence-electron chi connectivity index (χ2n) is 8.11. The Morgan fingerprint density at radius 2 is 2.07 bits per heavy atom. The summed E-state index contributed by atoms with van der Waals surface area (Å²) in [6, 6.07) is 7.50. The molecule has 1 amide bonds. The second-order valence-corrected chi connectivity index (χ2v) is 8.11. The molecule has 2 aromatic heterocycles. The highest BCUT2D eigenvalue weighted by atomic mass is 16.6. The molecule has 3 aromatic rings. The van der Waals surface area contributed by atoms with Gasteiger partial charge in [-0.05, 0) is 45.4 Å². The van der Waals surface area contributed by atoms with Crippen LogP contribution in [-0.2, 0) is 10.3 Å². The first kappa shape index (κ1) is 19.0. The predicted octanol–water partition coefficient (Wildman–Crippen LogP) is 3.00. The fourth-order valence-corrected chi connectivity index (χ4v) is 3.36. The van der Waals surface area contributed by atoms with E-state index >= 15 is 0 Å². The van der Waals surface area contributed by atoms with Gasteiger partial charge in [-0.25, -0.2) is 9.48 Å². The molecule has 152 valence electrons. The quantitative estimate of drug-likeness (QED) is 0.702. The molecule has 1 unspecified atom stereocenters. The Bertz CT molecular complexity index is 1130. The lowest BCUT2D eigenvalue weighted by molar-refractivity contribution is 0.181. The number of carbonyl (C=O) groups excluding carboxylic acids is 1. The van der Waals surface area contributed by atoms with E-state index < -0.39 is 0 Å². The van der Waals surface area contributed by atoms with Crippen LogP contribution in [0.15, 0.2) is 35.3 Å². The summed E-state index contributed by atoms with van der Waals surface area (Å²) in [6.45, 7) is 8.91. The van der Waals surface area contributed by atoms with E-state index in [4.69, 9.17) is 4.74 Å². The topological polar surface area (TPSA) is 105 Å². The monoisotopic (exact) mass is 396 g/mol. The number of hydrogen-bond donors (Lipinski definition) is 2. The molecule has 9 nitrogen and oxygen atoms in total. The molecule has 0 bridgehead atoms. The summed E-state index contributed by atoms with van der Waals surface area (Å²) in [7, 11) is 0. The molecule has 1 aliphatic rings. The van der Waals surface area contributed by atoms with Gasteiger partial charge in [0.25, 0.3) is 5.56 Å². The van der Waals surface area contributed by atoms with Crippen molar-refractivity contribution in [2.75, 3.05) is 23.4 Å². The van der Waals surface area contributed by atoms with Gasteiger partial charge in [0.15, 0.2) is 5.65 Å². The van der Waals surface area contributed by atoms with Crippen molar-refractivity contribution in [3.8, 4) is 0 Å². The van der Waals surface area contributed by atoms with Crippen molar-refractivity contribution in [2.45, 2.75) is 39.3 Å². The maximum Gasteiger partial charge on any atom is 0.414 e. The lowest BCUT2D eigenvalue weighted by Crippen LogP contribution is -2.24. The minimum Gasteiger partial charge on any atom is -0.447 e. The van der Waals surface area contributed by atoms with Gasteiger partial charge in [-0.15, -0.1) is 0 Å². The molecule has 1 fully saturated rings. The number of amides is 1. The number of carbonyl (C=O) groups is 1. The standard InChI is InChI=1S/C20H24N6O3/c1-12(13-6-5-7-14(10-13)25-8-9-29-19(25)28)22-18-23-16-15(17(27)24-18)11-21-26(16)20(2,3)4/h5-7,10-12H,8-9H2,1-4H3,(H2,22,23,24,27). The van der Waals surface area contributed by atoms with Crippen molar-refractivity contribution in [3.05, 3.63) is 46.4 Å². The SMILES string of the molecule is CC(Nc1nc2c(cnn2C(C)(C)C)c(=O)[nH]1)c1cccc(N2CCOC2=O)c1. The summed E-state index contributed by atoms with van der Waals surface area (Å²) in [4.78, 5) is 33.3. The molecule has 1 saturated heterocycles. The Labute approximate surface area is 167 Å². The van der Waals surface area contributed by atoms with Gasteiger partial charge in [-0.2, -0.15) is 10.1 Å². The fourth-order valence-electron chi connectivity index (χ4n) is 3.36. The van der Waals surface area contributed by atoms with Crippen molar-refractivity contribution < 1.29 is 9.53 Å². The molecule has 0 aliphatic carbocycles. The smallest absolute Gasteiger partial charge is 0.414 e. The summed E-state index contributed by atoms with van der Waals surface area (Å²) in [5.74, 6) is 0.368. The van der Waals surface area contributed by atoms with Gasteiger partial charge < -0.3 is 10.1 Å². The minimum atomic E-state index is -0.338. The minimum absolute atomic E-state index is 0.153. The Morgan fingerprint density at radius 1 is 1.28 bits per heavy atom. The molecule has 1 aromatic carbocycles. The summed E-state index contributed by atoms with van der Waals surface area (Å²) in [6.07, 6.45) is 1.20. The highest BCUT2D eigenvalue weighted by molar-refractivity contribution is 5.89. The van der Waals surface area contributed by atoms with Crippen molar-refractivity contribution >= 4 is 28.8 Å². The van der Waals surface area contributed by atoms with Gasteiger partial charge in [0.05, 0.1) is 24.3 Å². The third kappa shape index (κ3) is 3.55. The first-order valence-electron chi connectivity index (χ1n) is 9.53. The summed E-state index contributed by atoms with van der Waals surface area (Å²) in [5.41, 5.74) is 1.72. The number of H-pyrrole nitrogens is 1. The van der Waals surface area contributed by atoms with Crippen LogP contribution in [0.2, 0.25) is 0 Å². The van der Waals surface area contributed by atoms with E-state index in [0.717, 1.165) is 11.3 Å². The van der Waals surface area contributed by atoms with Crippen LogP contribution in [0.4, 0.5) is 16.4 Å². The van der Waals surface area contributed by atoms with Crippen LogP contribution in [0.5, 0.6) is 0 Å². The molecule has 9 heteroatoms. The zero-order valence-corrected chi connectivity index (χ0v) is 16.9. The molecule has 2 N–H and O–H groups in total. The second kappa shape index (κ2) is 6.91. The van der Waals surface area contributed by atoms with Crippen LogP contribution >= 0.6 is 0 Å². The Kier molecular flexibility index (Phi) is 4.52. The number of benzene rings is 1. The Balaban J connectivity index is 1.63. The van der Waals surface area contributed by atoms with E-state index in [-0.39, 0.29) is 23.2 Å². The largest absolute Gasteiger partial charge is 0.447 e. The third-order valence-electron chi connectivity index (χ3n) is 4.87. The third-order valence-corrected chi connectivity index (χ3v) is 4.87. The number of nitrogens with one attached hydrogen (secondary N) is 2. The Morgan fingerprint density at radius 3 is 2.76 bits per heavy atom. The van der Waals surface area contributed by atoms with E-state index in [2.05, 4.69) is 20.4 Å². The molecule has 0 spiro atoms. The van der Waals surface area contributed by atoms with Crippen LogP contribution in [0, 0.1) is 0 Å². The zero-order valence-electron chi connectivity index (χ0n) is 16.9. The number of aromatic nitrogens is 4. The number of hydrogen-bond acceptors (Lipinski definition) is 6. The summed E-state index contributed by atoms with van der Waals surface area (Å²) < 4.78 is 6.76.